The van der Waals surface area contributed by atoms with E-state index in [1.807, 2.05) is 0 Å². The number of hydrogen-bond donors (Lipinski definition) is 0. The molecule has 0 fully saturated rings. The van der Waals surface area contributed by atoms with Crippen LogP contribution in [0.1, 0.15) is 45.2 Å². The fourth-order valence-corrected chi connectivity index (χ4v) is 6.52. The molecule has 0 heterocycles. The number of benzene rings is 4. The maximum Gasteiger partial charge on any atom is -0.00498 e. The second-order valence-electron chi connectivity index (χ2n) is 9.47. The van der Waals surface area contributed by atoms with Gasteiger partial charge in [-0.25, -0.2) is 0 Å². The van der Waals surface area contributed by atoms with Gasteiger partial charge in [0.2, 0.25) is 0 Å². The van der Waals surface area contributed by atoms with Crippen LogP contribution < -0.4 is 0 Å². The highest BCUT2D eigenvalue weighted by Gasteiger charge is 2.54. The van der Waals surface area contributed by atoms with Crippen LogP contribution in [0.4, 0.5) is 0 Å². The lowest BCUT2D eigenvalue weighted by Gasteiger charge is -2.39. The van der Waals surface area contributed by atoms with Gasteiger partial charge in [-0.2, -0.15) is 0 Å². The van der Waals surface area contributed by atoms with Crippen LogP contribution in [-0.4, -0.2) is 0 Å². The Morgan fingerprint density at radius 1 is 0.484 bits per heavy atom. The number of hydrogen-bond acceptors (Lipinski definition) is 0. The summed E-state index contributed by atoms with van der Waals surface area (Å²) in [7, 11) is 0. The van der Waals surface area contributed by atoms with Gasteiger partial charge >= 0.3 is 0 Å². The van der Waals surface area contributed by atoms with Gasteiger partial charge in [-0.05, 0) is 76.3 Å². The lowest BCUT2D eigenvalue weighted by molar-refractivity contribution is 0.202. The van der Waals surface area contributed by atoms with E-state index in [2.05, 4.69) is 109 Å². The van der Waals surface area contributed by atoms with Gasteiger partial charge in [0.15, 0.2) is 0 Å². The largest absolute Gasteiger partial charge is 0.0622 e. The van der Waals surface area contributed by atoms with Gasteiger partial charge < -0.3 is 0 Å². The molecule has 1 spiro atoms. The Labute approximate surface area is 185 Å². The van der Waals surface area contributed by atoms with Crippen molar-refractivity contribution >= 4 is 0 Å². The first kappa shape index (κ1) is 18.6. The third-order valence-electron chi connectivity index (χ3n) is 7.85. The molecule has 0 heteroatoms. The average Bonchev–Trinajstić information content (AvgIpc) is 3.30. The second-order valence-corrected chi connectivity index (χ2v) is 9.47. The van der Waals surface area contributed by atoms with Crippen LogP contribution in [0.3, 0.4) is 0 Å². The highest BCUT2D eigenvalue weighted by atomic mass is 14.6. The highest BCUT2D eigenvalue weighted by molar-refractivity contribution is 5.49. The monoisotopic (exact) mass is 400 g/mol. The van der Waals surface area contributed by atoms with Crippen molar-refractivity contribution in [3.8, 4) is 0 Å². The first-order chi connectivity index (χ1) is 15.3. The van der Waals surface area contributed by atoms with Crippen LogP contribution in [0.25, 0.3) is 0 Å². The Morgan fingerprint density at radius 2 is 0.871 bits per heavy atom. The zero-order valence-corrected chi connectivity index (χ0v) is 17.9. The molecular formula is C31H28. The molecule has 0 radical (unpaired) electrons. The lowest BCUT2D eigenvalue weighted by Crippen LogP contribution is -2.33. The second kappa shape index (κ2) is 7.54. The van der Waals surface area contributed by atoms with Gasteiger partial charge in [-0.3, -0.25) is 0 Å². The van der Waals surface area contributed by atoms with E-state index in [1.54, 1.807) is 22.3 Å². The molecule has 6 rings (SSSR count). The van der Waals surface area contributed by atoms with Crippen molar-refractivity contribution in [3.05, 3.63) is 143 Å². The Balaban J connectivity index is 1.49. The molecule has 0 unspecified atom stereocenters. The zero-order valence-electron chi connectivity index (χ0n) is 17.9. The lowest BCUT2D eigenvalue weighted by atomic mass is 9.64. The van der Waals surface area contributed by atoms with Crippen molar-refractivity contribution < 1.29 is 0 Å². The average molecular weight is 401 g/mol. The highest BCUT2D eigenvalue weighted by Crippen LogP contribution is 2.62. The smallest absolute Gasteiger partial charge is 0.00498 e. The van der Waals surface area contributed by atoms with Crippen LogP contribution in [-0.2, 0) is 25.7 Å². The summed E-state index contributed by atoms with van der Waals surface area (Å²) in [5.74, 6) is 1.10. The van der Waals surface area contributed by atoms with Crippen LogP contribution in [0.5, 0.6) is 0 Å². The van der Waals surface area contributed by atoms with Crippen LogP contribution in [0.2, 0.25) is 0 Å². The molecule has 2 atom stereocenters. The maximum atomic E-state index is 2.40. The van der Waals surface area contributed by atoms with E-state index in [9.17, 15) is 0 Å². The predicted octanol–water partition coefficient (Wildman–Crippen LogP) is 7.14. The molecule has 2 aliphatic carbocycles. The minimum Gasteiger partial charge on any atom is -0.0622 e. The topological polar surface area (TPSA) is 0 Å². The van der Waals surface area contributed by atoms with Crippen LogP contribution in [0, 0.1) is 5.41 Å². The molecule has 0 N–H and O–H groups in total. The maximum absolute atomic E-state index is 2.40. The van der Waals surface area contributed by atoms with Crippen molar-refractivity contribution in [2.24, 2.45) is 5.41 Å². The van der Waals surface area contributed by atoms with E-state index >= 15 is 0 Å². The van der Waals surface area contributed by atoms with Gasteiger partial charge in [0.1, 0.15) is 0 Å². The Hall–Kier alpha value is -3.12. The molecule has 31 heavy (non-hydrogen) atoms. The van der Waals surface area contributed by atoms with Crippen molar-refractivity contribution in [1.82, 2.24) is 0 Å². The molecular weight excluding hydrogens is 372 g/mol. The van der Waals surface area contributed by atoms with Crippen molar-refractivity contribution in [1.29, 1.82) is 0 Å². The fraction of sp³-hybridized carbons (Fsp3) is 0.226. The van der Waals surface area contributed by atoms with Gasteiger partial charge in [-0.1, -0.05) is 109 Å². The SMILES string of the molecule is c1ccc(C[C@@H]2c3ccccc3CC23Cc2ccccc2[C@H]3Cc2ccccc2)cc1. The van der Waals surface area contributed by atoms with E-state index in [1.165, 1.54) is 24.0 Å². The molecule has 2 aliphatic rings. The quantitative estimate of drug-likeness (QED) is 0.341. The number of fused-ring (bicyclic) bond motifs is 2. The number of rotatable bonds is 4. The first-order valence-corrected chi connectivity index (χ1v) is 11.6. The minimum absolute atomic E-state index is 0.249. The van der Waals surface area contributed by atoms with Crippen LogP contribution >= 0.6 is 0 Å². The van der Waals surface area contributed by atoms with Crippen molar-refractivity contribution in [2.45, 2.75) is 37.5 Å². The summed E-state index contributed by atoms with van der Waals surface area (Å²) in [5.41, 5.74) is 9.45. The van der Waals surface area contributed by atoms with E-state index < -0.39 is 0 Å². The molecule has 0 nitrogen and oxygen atoms in total. The van der Waals surface area contributed by atoms with E-state index in [4.69, 9.17) is 0 Å². The third-order valence-corrected chi connectivity index (χ3v) is 7.85. The van der Waals surface area contributed by atoms with Gasteiger partial charge in [0.25, 0.3) is 0 Å². The molecule has 152 valence electrons. The minimum atomic E-state index is 0.249. The fourth-order valence-electron chi connectivity index (χ4n) is 6.52. The summed E-state index contributed by atoms with van der Waals surface area (Å²) in [4.78, 5) is 0. The van der Waals surface area contributed by atoms with Gasteiger partial charge in [0, 0.05) is 0 Å². The Bertz CT molecular complexity index is 1090. The molecule has 0 amide bonds. The standard InChI is InChI=1S/C31H28/c1-3-11-23(12-4-1)19-29-27-17-9-7-15-25(27)21-31(29)22-26-16-8-10-18-28(26)30(31)20-24-13-5-2-6-14-24/h1-18,29-30H,19-22H2/t29-,30-,31?/m1/s1. The molecule has 4 aromatic rings. The Morgan fingerprint density at radius 3 is 1.32 bits per heavy atom. The van der Waals surface area contributed by atoms with Crippen molar-refractivity contribution in [2.75, 3.05) is 0 Å². The van der Waals surface area contributed by atoms with E-state index in [0.29, 0.717) is 11.8 Å². The summed E-state index contributed by atoms with van der Waals surface area (Å²) in [6.45, 7) is 0. The molecule has 0 aromatic heterocycles. The van der Waals surface area contributed by atoms with Gasteiger partial charge in [0.05, 0.1) is 0 Å². The van der Waals surface area contributed by atoms with Crippen molar-refractivity contribution in [3.63, 3.8) is 0 Å². The van der Waals surface area contributed by atoms with E-state index in [0.717, 1.165) is 12.8 Å². The predicted molar refractivity (Wildman–Crippen MR) is 128 cm³/mol. The van der Waals surface area contributed by atoms with E-state index in [-0.39, 0.29) is 5.41 Å². The molecule has 0 saturated carbocycles. The molecule has 0 aliphatic heterocycles. The normalized spacial score (nSPS) is 20.5. The van der Waals surface area contributed by atoms with Crippen LogP contribution in [0.15, 0.2) is 109 Å². The van der Waals surface area contributed by atoms with Gasteiger partial charge in [-0.15, -0.1) is 0 Å². The summed E-state index contributed by atoms with van der Waals surface area (Å²) in [5, 5.41) is 0. The molecule has 4 aromatic carbocycles. The molecule has 0 saturated heterocycles. The zero-order chi connectivity index (χ0) is 20.7. The summed E-state index contributed by atoms with van der Waals surface area (Å²) in [6.07, 6.45) is 4.62. The Kier molecular flexibility index (Phi) is 4.53. The first-order valence-electron chi connectivity index (χ1n) is 11.6. The summed E-state index contributed by atoms with van der Waals surface area (Å²) < 4.78 is 0. The summed E-state index contributed by atoms with van der Waals surface area (Å²) >= 11 is 0. The summed E-state index contributed by atoms with van der Waals surface area (Å²) in [6, 6.07) is 40.7. The third kappa shape index (κ3) is 3.13. The molecule has 0 bridgehead atoms.